The normalized spacial score (nSPS) is 24.1. The fourth-order valence-electron chi connectivity index (χ4n) is 4.61. The van der Waals surface area contributed by atoms with Gasteiger partial charge in [0.25, 0.3) is 0 Å². The molecule has 6 nitrogen and oxygen atoms in total. The monoisotopic (exact) mass is 384 g/mol. The number of carbonyl (C=O) groups is 2. The van der Waals surface area contributed by atoms with Crippen molar-refractivity contribution in [1.29, 1.82) is 0 Å². The molecule has 3 heterocycles. The van der Waals surface area contributed by atoms with Gasteiger partial charge in [-0.25, -0.2) is 0 Å². The van der Waals surface area contributed by atoms with Crippen molar-refractivity contribution in [2.24, 2.45) is 11.8 Å². The van der Waals surface area contributed by atoms with Crippen LogP contribution in [0.15, 0.2) is 24.5 Å². The molecule has 0 radical (unpaired) electrons. The number of aromatic nitrogens is 1. The van der Waals surface area contributed by atoms with E-state index in [-0.39, 0.29) is 11.8 Å². The molecular weight excluding hydrogens is 352 g/mol. The number of amides is 2. The number of hydrogen-bond donors (Lipinski definition) is 1. The first-order valence-corrected chi connectivity index (χ1v) is 10.9. The first kappa shape index (κ1) is 19.4. The number of likely N-dealkylation sites (tertiary alicyclic amines) is 2. The molecule has 0 aromatic carbocycles. The third-order valence-electron chi connectivity index (χ3n) is 6.48. The summed E-state index contributed by atoms with van der Waals surface area (Å²) in [7, 11) is 0. The molecule has 1 atom stereocenters. The predicted octanol–water partition coefficient (Wildman–Crippen LogP) is 1.85. The second kappa shape index (κ2) is 9.03. The van der Waals surface area contributed by atoms with Gasteiger partial charge in [-0.3, -0.25) is 19.5 Å². The van der Waals surface area contributed by atoms with Crippen LogP contribution < -0.4 is 5.32 Å². The van der Waals surface area contributed by atoms with Crippen LogP contribution in [0.2, 0.25) is 0 Å². The van der Waals surface area contributed by atoms with Crippen molar-refractivity contribution in [3.63, 3.8) is 0 Å². The summed E-state index contributed by atoms with van der Waals surface area (Å²) in [5.74, 6) is 0.984. The minimum Gasteiger partial charge on any atom is -0.355 e. The summed E-state index contributed by atoms with van der Waals surface area (Å²) in [4.78, 5) is 33.6. The van der Waals surface area contributed by atoms with Gasteiger partial charge in [-0.15, -0.1) is 0 Å². The summed E-state index contributed by atoms with van der Waals surface area (Å²) in [6.45, 7) is 4.39. The maximum atomic E-state index is 12.6. The lowest BCUT2D eigenvalue weighted by Crippen LogP contribution is -2.51. The number of piperidine rings is 2. The number of carbonyl (C=O) groups excluding carboxylic acids is 2. The van der Waals surface area contributed by atoms with Gasteiger partial charge in [0.15, 0.2) is 0 Å². The van der Waals surface area contributed by atoms with Crippen LogP contribution in [0, 0.1) is 11.8 Å². The third-order valence-corrected chi connectivity index (χ3v) is 6.48. The largest absolute Gasteiger partial charge is 0.355 e. The Balaban J connectivity index is 1.20. The summed E-state index contributed by atoms with van der Waals surface area (Å²) in [6, 6.07) is 4.50. The van der Waals surface area contributed by atoms with Crippen molar-refractivity contribution >= 4 is 11.8 Å². The second-order valence-electron chi connectivity index (χ2n) is 8.57. The zero-order valence-corrected chi connectivity index (χ0v) is 16.7. The van der Waals surface area contributed by atoms with Crippen molar-refractivity contribution in [2.75, 3.05) is 32.7 Å². The van der Waals surface area contributed by atoms with Gasteiger partial charge in [-0.05, 0) is 63.1 Å². The molecule has 4 rings (SSSR count). The highest BCUT2D eigenvalue weighted by atomic mass is 16.2. The molecule has 2 saturated heterocycles. The van der Waals surface area contributed by atoms with E-state index in [0.29, 0.717) is 24.4 Å². The predicted molar refractivity (Wildman–Crippen MR) is 108 cm³/mol. The fraction of sp³-hybridized carbons (Fsp3) is 0.682. The maximum absolute atomic E-state index is 12.6. The first-order valence-electron chi connectivity index (χ1n) is 10.9. The van der Waals surface area contributed by atoms with E-state index in [1.165, 1.54) is 0 Å². The Morgan fingerprint density at radius 3 is 2.61 bits per heavy atom. The van der Waals surface area contributed by atoms with E-state index in [9.17, 15) is 9.59 Å². The quantitative estimate of drug-likeness (QED) is 0.813. The summed E-state index contributed by atoms with van der Waals surface area (Å²) in [5.41, 5.74) is 1.15. The van der Waals surface area contributed by atoms with E-state index in [1.807, 2.05) is 18.3 Å². The molecule has 1 aliphatic carbocycles. The van der Waals surface area contributed by atoms with Gasteiger partial charge in [-0.1, -0.05) is 6.07 Å². The molecular formula is C22H32N4O2. The van der Waals surface area contributed by atoms with Gasteiger partial charge in [0.05, 0.1) is 5.92 Å². The van der Waals surface area contributed by atoms with Crippen LogP contribution in [0.25, 0.3) is 0 Å². The van der Waals surface area contributed by atoms with Crippen LogP contribution >= 0.6 is 0 Å². The zero-order chi connectivity index (χ0) is 19.3. The smallest absolute Gasteiger partial charge is 0.225 e. The molecule has 1 aromatic heterocycles. The fourth-order valence-corrected chi connectivity index (χ4v) is 4.61. The molecule has 0 unspecified atom stereocenters. The van der Waals surface area contributed by atoms with Gasteiger partial charge in [0, 0.05) is 50.5 Å². The van der Waals surface area contributed by atoms with E-state index in [2.05, 4.69) is 20.1 Å². The van der Waals surface area contributed by atoms with E-state index in [1.54, 1.807) is 6.20 Å². The summed E-state index contributed by atoms with van der Waals surface area (Å²) in [5, 5.41) is 3.12. The van der Waals surface area contributed by atoms with Crippen LogP contribution in [-0.4, -0.2) is 65.4 Å². The van der Waals surface area contributed by atoms with Gasteiger partial charge in [0.2, 0.25) is 11.8 Å². The van der Waals surface area contributed by atoms with E-state index >= 15 is 0 Å². The number of hydrogen-bond acceptors (Lipinski definition) is 4. The molecule has 0 spiro atoms. The van der Waals surface area contributed by atoms with Gasteiger partial charge in [-0.2, -0.15) is 0 Å². The van der Waals surface area contributed by atoms with Gasteiger partial charge in [0.1, 0.15) is 0 Å². The van der Waals surface area contributed by atoms with Crippen LogP contribution in [0.3, 0.4) is 0 Å². The molecule has 1 saturated carbocycles. The lowest BCUT2D eigenvalue weighted by molar-refractivity contribution is -0.134. The zero-order valence-electron chi connectivity index (χ0n) is 16.7. The van der Waals surface area contributed by atoms with Gasteiger partial charge < -0.3 is 10.2 Å². The van der Waals surface area contributed by atoms with Crippen LogP contribution in [0.4, 0.5) is 0 Å². The Bertz CT molecular complexity index is 668. The van der Waals surface area contributed by atoms with Crippen molar-refractivity contribution in [1.82, 2.24) is 20.1 Å². The summed E-state index contributed by atoms with van der Waals surface area (Å²) in [6.07, 6.45) is 10.8. The first-order chi connectivity index (χ1) is 13.7. The minimum absolute atomic E-state index is 0.0915. The van der Waals surface area contributed by atoms with Crippen molar-refractivity contribution in [3.8, 4) is 0 Å². The molecule has 3 aliphatic rings. The molecule has 2 aliphatic heterocycles. The number of nitrogens with one attached hydrogen (secondary N) is 1. The summed E-state index contributed by atoms with van der Waals surface area (Å²) < 4.78 is 0. The van der Waals surface area contributed by atoms with Gasteiger partial charge >= 0.3 is 0 Å². The summed E-state index contributed by atoms with van der Waals surface area (Å²) >= 11 is 0. The molecule has 2 amide bonds. The van der Waals surface area contributed by atoms with Crippen LogP contribution in [-0.2, 0) is 16.0 Å². The molecule has 3 fully saturated rings. The third kappa shape index (κ3) is 4.90. The number of rotatable bonds is 6. The minimum atomic E-state index is 0.0915. The highest BCUT2D eigenvalue weighted by molar-refractivity contribution is 5.81. The molecule has 152 valence electrons. The number of nitrogens with zero attached hydrogens (tertiary/aromatic N) is 3. The Labute approximate surface area is 167 Å². The van der Waals surface area contributed by atoms with E-state index < -0.39 is 0 Å². The standard InChI is InChI=1S/C22H32N4O2/c27-21(24-11-7-17-3-1-10-23-15-17)19-4-2-12-26(16-19)20-8-13-25(14-9-20)22(28)18-5-6-18/h1,3,10,15,18-20H,2,4-9,11-14,16H2,(H,24,27)/t19-/m0/s1. The maximum Gasteiger partial charge on any atom is 0.225 e. The Morgan fingerprint density at radius 1 is 1.07 bits per heavy atom. The lowest BCUT2D eigenvalue weighted by Gasteiger charge is -2.42. The molecule has 0 bridgehead atoms. The second-order valence-corrected chi connectivity index (χ2v) is 8.57. The molecule has 1 N–H and O–H groups in total. The van der Waals surface area contributed by atoms with Crippen molar-refractivity contribution < 1.29 is 9.59 Å². The topological polar surface area (TPSA) is 65.5 Å². The lowest BCUT2D eigenvalue weighted by atomic mass is 9.93. The van der Waals surface area contributed by atoms with Crippen LogP contribution in [0.5, 0.6) is 0 Å². The van der Waals surface area contributed by atoms with E-state index in [0.717, 1.165) is 76.7 Å². The Hall–Kier alpha value is -1.95. The van der Waals surface area contributed by atoms with Crippen molar-refractivity contribution in [2.45, 2.75) is 51.0 Å². The molecule has 28 heavy (non-hydrogen) atoms. The number of pyridine rings is 1. The Kier molecular flexibility index (Phi) is 6.25. The van der Waals surface area contributed by atoms with Crippen molar-refractivity contribution in [3.05, 3.63) is 30.1 Å². The Morgan fingerprint density at radius 2 is 1.89 bits per heavy atom. The average molecular weight is 385 g/mol. The highest BCUT2D eigenvalue weighted by Crippen LogP contribution is 2.32. The molecule has 6 heteroatoms. The highest BCUT2D eigenvalue weighted by Gasteiger charge is 2.37. The molecule has 1 aromatic rings. The van der Waals surface area contributed by atoms with Crippen LogP contribution in [0.1, 0.15) is 44.1 Å². The van der Waals surface area contributed by atoms with E-state index in [4.69, 9.17) is 0 Å². The average Bonchev–Trinajstić information content (AvgIpc) is 3.60. The SMILES string of the molecule is O=C(NCCc1cccnc1)[C@H]1CCCN(C2CCN(C(=O)C3CC3)CC2)C1.